The fraction of sp³-hybridized carbons (Fsp3) is 0.400. The van der Waals surface area contributed by atoms with E-state index in [2.05, 4.69) is 22.0 Å². The van der Waals surface area contributed by atoms with Crippen molar-refractivity contribution in [2.75, 3.05) is 0 Å². The summed E-state index contributed by atoms with van der Waals surface area (Å²) in [6.45, 7) is 0. The highest BCUT2D eigenvalue weighted by molar-refractivity contribution is 5.97. The van der Waals surface area contributed by atoms with Gasteiger partial charge in [-0.1, -0.05) is 37.5 Å². The van der Waals surface area contributed by atoms with Crippen LogP contribution in [0, 0.1) is 19.3 Å². The average Bonchev–Trinajstić information content (AvgIpc) is 2.41. The maximum Gasteiger partial charge on any atom is 0.420 e. The molecule has 0 aromatic heterocycles. The van der Waals surface area contributed by atoms with E-state index in [-0.39, 0.29) is 32.9 Å². The number of hydrogen-bond donors (Lipinski definition) is 0. The molecule has 0 aliphatic heterocycles. The zero-order valence-electron chi connectivity index (χ0n) is 9.79. The van der Waals surface area contributed by atoms with Crippen molar-refractivity contribution in [3.05, 3.63) is 33.9 Å². The Kier molecular flexibility index (Phi) is 5.06. The van der Waals surface area contributed by atoms with Crippen LogP contribution >= 0.6 is 0 Å². The lowest BCUT2D eigenvalue weighted by Gasteiger charge is -2.17. The van der Waals surface area contributed by atoms with Gasteiger partial charge >= 0.3 is 21.2 Å². The van der Waals surface area contributed by atoms with E-state index in [4.69, 9.17) is 0 Å². The van der Waals surface area contributed by atoms with Crippen LogP contribution in [0.1, 0.15) is 32.1 Å². The molecule has 0 heterocycles. The van der Waals surface area contributed by atoms with Crippen molar-refractivity contribution in [1.29, 1.82) is 0 Å². The molecule has 1 saturated carbocycles. The van der Waals surface area contributed by atoms with E-state index >= 15 is 0 Å². The molecular weight excluding hydrogens is 323 g/mol. The summed E-state index contributed by atoms with van der Waals surface area (Å²) >= 11 is -0.311. The second kappa shape index (κ2) is 6.80. The lowest BCUT2D eigenvalue weighted by Crippen LogP contribution is -3.59. The highest BCUT2D eigenvalue weighted by Crippen LogP contribution is 2.23. The maximum atomic E-state index is 11.8. The van der Waals surface area contributed by atoms with Crippen molar-refractivity contribution < 1.29 is 26.0 Å². The standard InChI is InChI=1S/C15H16IO/c17-15(13-7-3-1-4-8-13)11-12-16-14-9-5-2-6-10-14/h2,5-6,9-10,13H,1,3-4,7-8H2/q+1. The Hall–Kier alpha value is -0.820. The highest BCUT2D eigenvalue weighted by Gasteiger charge is 2.20. The molecule has 2 heteroatoms. The van der Waals surface area contributed by atoms with Crippen molar-refractivity contribution in [3.8, 4) is 9.85 Å². The topological polar surface area (TPSA) is 17.1 Å². The molecule has 1 aliphatic rings. The summed E-state index contributed by atoms with van der Waals surface area (Å²) in [6.07, 6.45) is 5.79. The molecule has 0 bridgehead atoms. The fourth-order valence-corrected chi connectivity index (χ4v) is 3.56. The summed E-state index contributed by atoms with van der Waals surface area (Å²) in [5.41, 5.74) is 0. The molecule has 1 aliphatic carbocycles. The first-order chi connectivity index (χ1) is 8.36. The van der Waals surface area contributed by atoms with Gasteiger partial charge in [0.1, 0.15) is 0 Å². The number of hydrogen-bond acceptors (Lipinski definition) is 1. The zero-order valence-corrected chi connectivity index (χ0v) is 11.9. The van der Waals surface area contributed by atoms with E-state index in [9.17, 15) is 4.79 Å². The minimum Gasteiger partial charge on any atom is -0.284 e. The first-order valence-electron chi connectivity index (χ1n) is 6.10. The molecule has 1 aromatic carbocycles. The van der Waals surface area contributed by atoms with Gasteiger partial charge in [-0.3, -0.25) is 4.79 Å². The van der Waals surface area contributed by atoms with Crippen LogP contribution in [-0.4, -0.2) is 5.78 Å². The molecule has 1 fully saturated rings. The fourth-order valence-electron chi connectivity index (χ4n) is 2.07. The molecule has 0 amide bonds. The van der Waals surface area contributed by atoms with Crippen LogP contribution in [0.15, 0.2) is 30.3 Å². The number of carbonyl (C=O) groups excluding carboxylic acids is 1. The van der Waals surface area contributed by atoms with Gasteiger partial charge in [-0.15, -0.1) is 0 Å². The van der Waals surface area contributed by atoms with Crippen LogP contribution in [0.25, 0.3) is 0 Å². The maximum absolute atomic E-state index is 11.8. The molecule has 17 heavy (non-hydrogen) atoms. The van der Waals surface area contributed by atoms with Gasteiger partial charge in [-0.2, -0.15) is 0 Å². The number of rotatable bonds is 2. The van der Waals surface area contributed by atoms with Crippen molar-refractivity contribution in [2.45, 2.75) is 32.1 Å². The quantitative estimate of drug-likeness (QED) is 0.550. The lowest BCUT2D eigenvalue weighted by atomic mass is 9.86. The Bertz CT molecular complexity index is 421. The molecule has 2 rings (SSSR count). The Labute approximate surface area is 113 Å². The van der Waals surface area contributed by atoms with Crippen LogP contribution < -0.4 is 21.2 Å². The number of Topliss-reactive ketones (excluding diaryl/α,β-unsaturated/α-hetero) is 1. The predicted molar refractivity (Wildman–Crippen MR) is 64.5 cm³/mol. The molecule has 0 N–H and O–H groups in total. The molecule has 0 spiro atoms. The van der Waals surface area contributed by atoms with E-state index in [0.717, 1.165) is 12.8 Å². The monoisotopic (exact) mass is 339 g/mol. The van der Waals surface area contributed by atoms with E-state index in [1.165, 1.54) is 22.8 Å². The smallest absolute Gasteiger partial charge is 0.284 e. The SMILES string of the molecule is O=C(C#C[I+]c1ccccc1)C1CCCCC1. The summed E-state index contributed by atoms with van der Waals surface area (Å²) in [7, 11) is 0. The van der Waals surface area contributed by atoms with Gasteiger partial charge < -0.3 is 0 Å². The third-order valence-corrected chi connectivity index (χ3v) is 4.92. The average molecular weight is 339 g/mol. The van der Waals surface area contributed by atoms with Crippen LogP contribution in [0.5, 0.6) is 0 Å². The first-order valence-corrected chi connectivity index (χ1v) is 8.26. The van der Waals surface area contributed by atoms with Crippen molar-refractivity contribution in [3.63, 3.8) is 0 Å². The molecule has 1 aromatic rings. The molecule has 0 radical (unpaired) electrons. The third-order valence-electron chi connectivity index (χ3n) is 3.04. The molecule has 88 valence electrons. The number of benzene rings is 1. The lowest BCUT2D eigenvalue weighted by molar-refractivity contribution is -0.535. The predicted octanol–water partition coefficient (Wildman–Crippen LogP) is 0.0555. The van der Waals surface area contributed by atoms with Crippen LogP contribution in [-0.2, 0) is 4.79 Å². The van der Waals surface area contributed by atoms with E-state index < -0.39 is 0 Å². The van der Waals surface area contributed by atoms with E-state index in [0.29, 0.717) is 0 Å². The van der Waals surface area contributed by atoms with Gasteiger partial charge in [-0.05, 0) is 25.0 Å². The van der Waals surface area contributed by atoms with Gasteiger partial charge in [0.25, 0.3) is 0 Å². The summed E-state index contributed by atoms with van der Waals surface area (Å²) in [4.78, 5) is 11.8. The van der Waals surface area contributed by atoms with Crippen molar-refractivity contribution in [1.82, 2.24) is 0 Å². The number of halogens is 1. The van der Waals surface area contributed by atoms with Gasteiger partial charge in [0, 0.05) is 11.8 Å². The Morgan fingerprint density at radius 1 is 1.12 bits per heavy atom. The van der Waals surface area contributed by atoms with Crippen molar-refractivity contribution >= 4 is 5.78 Å². The highest BCUT2D eigenvalue weighted by atomic mass is 127. The normalized spacial score (nSPS) is 16.0. The molecule has 0 saturated heterocycles. The second-order valence-electron chi connectivity index (χ2n) is 4.31. The second-order valence-corrected chi connectivity index (χ2v) is 6.63. The van der Waals surface area contributed by atoms with Gasteiger partial charge in [0.05, 0.1) is 0 Å². The van der Waals surface area contributed by atoms with E-state index in [1.54, 1.807) is 0 Å². The van der Waals surface area contributed by atoms with Crippen LogP contribution in [0.2, 0.25) is 0 Å². The molecule has 0 atom stereocenters. The Balaban J connectivity index is 1.86. The van der Waals surface area contributed by atoms with Gasteiger partial charge in [0.2, 0.25) is 9.35 Å². The summed E-state index contributed by atoms with van der Waals surface area (Å²) in [5.74, 6) is 3.27. The number of carbonyl (C=O) groups is 1. The molecule has 1 nitrogen and oxygen atoms in total. The molecular formula is C15H16IO+. The summed E-state index contributed by atoms with van der Waals surface area (Å²) < 4.78 is 4.40. The third kappa shape index (κ3) is 4.16. The van der Waals surface area contributed by atoms with Crippen LogP contribution in [0.4, 0.5) is 0 Å². The van der Waals surface area contributed by atoms with Crippen LogP contribution in [0.3, 0.4) is 0 Å². The van der Waals surface area contributed by atoms with Gasteiger partial charge in [0.15, 0.2) is 3.93 Å². The Morgan fingerprint density at radius 2 is 1.82 bits per heavy atom. The first kappa shape index (κ1) is 12.6. The minimum absolute atomic E-state index is 0.181. The van der Waals surface area contributed by atoms with E-state index in [1.807, 2.05) is 18.2 Å². The van der Waals surface area contributed by atoms with Crippen molar-refractivity contribution in [2.24, 2.45) is 5.92 Å². The minimum atomic E-state index is -0.311. The summed E-state index contributed by atoms with van der Waals surface area (Å²) in [6, 6.07) is 10.2. The van der Waals surface area contributed by atoms with Gasteiger partial charge in [-0.25, -0.2) is 0 Å². The largest absolute Gasteiger partial charge is 0.420 e. The Morgan fingerprint density at radius 3 is 2.53 bits per heavy atom. The summed E-state index contributed by atoms with van der Waals surface area (Å²) in [5, 5.41) is 0. The molecule has 0 unspecified atom stereocenters. The zero-order chi connectivity index (χ0) is 11.9. The number of ketones is 1.